The molecule has 144 valence electrons. The van der Waals surface area contributed by atoms with E-state index in [1.165, 1.54) is 19.1 Å². The van der Waals surface area contributed by atoms with E-state index in [1.807, 2.05) is 40.9 Å². The molecule has 2 heterocycles. The van der Waals surface area contributed by atoms with E-state index in [0.717, 1.165) is 5.46 Å². The van der Waals surface area contributed by atoms with Crippen molar-refractivity contribution in [3.05, 3.63) is 42.2 Å². The molecule has 0 saturated carbocycles. The highest BCUT2D eigenvalue weighted by Gasteiger charge is 2.52. The van der Waals surface area contributed by atoms with Gasteiger partial charge in [0.1, 0.15) is 0 Å². The molecule has 0 amide bonds. The molecule has 1 fully saturated rings. The monoisotopic (exact) mass is 372 g/mol. The van der Waals surface area contributed by atoms with E-state index in [-0.39, 0.29) is 24.1 Å². The average molecular weight is 372 g/mol. The van der Waals surface area contributed by atoms with Crippen LogP contribution < -0.4 is 10.9 Å². The summed E-state index contributed by atoms with van der Waals surface area (Å²) in [5.41, 5.74) is 1.36. The van der Waals surface area contributed by atoms with Crippen molar-refractivity contribution < 1.29 is 24.2 Å². The molecule has 0 aliphatic carbocycles. The summed E-state index contributed by atoms with van der Waals surface area (Å²) in [6, 6.07) is 6.16. The molecular formula is C18H26B2N2O5. The lowest BCUT2D eigenvalue weighted by Crippen LogP contribution is -2.41. The molecule has 27 heavy (non-hydrogen) atoms. The van der Waals surface area contributed by atoms with Crippen LogP contribution in [0.1, 0.15) is 45.0 Å². The Hall–Kier alpha value is -1.93. The highest BCUT2D eigenvalue weighted by atomic mass is 16.7. The minimum atomic E-state index is -1.47. The lowest BCUT2D eigenvalue weighted by molar-refractivity contribution is 0.00578. The Bertz CT molecular complexity index is 771. The maximum atomic E-state index is 10.8. The van der Waals surface area contributed by atoms with E-state index in [1.54, 1.807) is 23.0 Å². The van der Waals surface area contributed by atoms with Crippen LogP contribution in [0.25, 0.3) is 0 Å². The standard InChI is InChI=1S/C10H17BN2O2.C8H9BO3/c1-9(2)10(3,4)15-11(14-9)8-6-12-13(5)7-8;1-6(10)7-2-4-8(5-3-7)9(11)12/h6-7H,1-5H3;2-5,11-12H,1H3. The quantitative estimate of drug-likeness (QED) is 0.594. The maximum Gasteiger partial charge on any atom is 0.498 e. The van der Waals surface area contributed by atoms with Gasteiger partial charge < -0.3 is 19.4 Å². The third-order valence-electron chi connectivity index (χ3n) is 4.87. The van der Waals surface area contributed by atoms with E-state index in [9.17, 15) is 4.79 Å². The Morgan fingerprint density at radius 2 is 1.63 bits per heavy atom. The predicted molar refractivity (Wildman–Crippen MR) is 105 cm³/mol. The van der Waals surface area contributed by atoms with Crippen molar-refractivity contribution in [3.8, 4) is 0 Å². The van der Waals surface area contributed by atoms with Gasteiger partial charge in [0, 0.05) is 30.5 Å². The highest BCUT2D eigenvalue weighted by molar-refractivity contribution is 6.62. The van der Waals surface area contributed by atoms with Gasteiger partial charge in [-0.3, -0.25) is 9.48 Å². The van der Waals surface area contributed by atoms with Crippen LogP contribution in [-0.4, -0.2) is 51.1 Å². The first kappa shape index (κ1) is 21.4. The number of aromatic nitrogens is 2. The minimum absolute atomic E-state index is 0.0334. The lowest BCUT2D eigenvalue weighted by atomic mass is 9.80. The lowest BCUT2D eigenvalue weighted by Gasteiger charge is -2.32. The number of hydrogen-bond donors (Lipinski definition) is 2. The first-order valence-corrected chi connectivity index (χ1v) is 8.74. The van der Waals surface area contributed by atoms with Crippen LogP contribution >= 0.6 is 0 Å². The van der Waals surface area contributed by atoms with Crippen LogP contribution in [0.2, 0.25) is 0 Å². The van der Waals surface area contributed by atoms with Crippen molar-refractivity contribution in [2.75, 3.05) is 0 Å². The molecule has 0 atom stereocenters. The zero-order valence-corrected chi connectivity index (χ0v) is 16.6. The highest BCUT2D eigenvalue weighted by Crippen LogP contribution is 2.36. The van der Waals surface area contributed by atoms with E-state index >= 15 is 0 Å². The van der Waals surface area contributed by atoms with Crippen molar-refractivity contribution in [2.45, 2.75) is 45.8 Å². The number of hydrogen-bond acceptors (Lipinski definition) is 6. The number of aryl methyl sites for hydroxylation is 1. The second-order valence-corrected chi connectivity index (χ2v) is 7.59. The topological polar surface area (TPSA) is 93.8 Å². The summed E-state index contributed by atoms with van der Waals surface area (Å²) in [4.78, 5) is 10.8. The second-order valence-electron chi connectivity index (χ2n) is 7.59. The molecular weight excluding hydrogens is 346 g/mol. The smallest absolute Gasteiger partial charge is 0.423 e. The van der Waals surface area contributed by atoms with Crippen LogP contribution in [0, 0.1) is 0 Å². The molecule has 1 aliphatic heterocycles. The van der Waals surface area contributed by atoms with Crippen molar-refractivity contribution in [3.63, 3.8) is 0 Å². The zero-order valence-electron chi connectivity index (χ0n) is 16.6. The molecule has 7 nitrogen and oxygen atoms in total. The van der Waals surface area contributed by atoms with Crippen molar-refractivity contribution in [2.24, 2.45) is 7.05 Å². The molecule has 1 aliphatic rings. The van der Waals surface area contributed by atoms with Gasteiger partial charge in [0.2, 0.25) is 0 Å². The summed E-state index contributed by atoms with van der Waals surface area (Å²) in [5.74, 6) is -0.0334. The van der Waals surface area contributed by atoms with E-state index in [0.29, 0.717) is 11.0 Å². The normalized spacial score (nSPS) is 17.3. The Labute approximate surface area is 160 Å². The molecule has 0 bridgehead atoms. The van der Waals surface area contributed by atoms with Gasteiger partial charge in [-0.05, 0) is 40.1 Å². The Kier molecular flexibility index (Phi) is 6.32. The fourth-order valence-corrected chi connectivity index (χ4v) is 2.43. The number of nitrogens with zero attached hydrogens (tertiary/aromatic N) is 2. The largest absolute Gasteiger partial charge is 0.498 e. The number of rotatable bonds is 3. The summed E-state index contributed by atoms with van der Waals surface area (Å²) in [5, 5.41) is 21.6. The number of carbonyl (C=O) groups excluding carboxylic acids is 1. The predicted octanol–water partition coefficient (Wildman–Crippen LogP) is 0.288. The van der Waals surface area contributed by atoms with Gasteiger partial charge in [0.25, 0.3) is 0 Å². The van der Waals surface area contributed by atoms with Gasteiger partial charge >= 0.3 is 14.2 Å². The third kappa shape index (κ3) is 5.07. The average Bonchev–Trinajstić information content (AvgIpc) is 3.09. The molecule has 2 aromatic rings. The fourth-order valence-electron chi connectivity index (χ4n) is 2.43. The van der Waals surface area contributed by atoms with Gasteiger partial charge in [-0.1, -0.05) is 24.3 Å². The molecule has 2 N–H and O–H groups in total. The molecule has 1 aromatic carbocycles. The van der Waals surface area contributed by atoms with E-state index < -0.39 is 7.12 Å². The third-order valence-corrected chi connectivity index (χ3v) is 4.87. The van der Waals surface area contributed by atoms with Crippen LogP contribution in [-0.2, 0) is 16.4 Å². The summed E-state index contributed by atoms with van der Waals surface area (Å²) >= 11 is 0. The Morgan fingerprint density at radius 1 is 1.11 bits per heavy atom. The summed E-state index contributed by atoms with van der Waals surface area (Å²) in [6.45, 7) is 9.64. The van der Waals surface area contributed by atoms with Crippen molar-refractivity contribution >= 4 is 30.9 Å². The fraction of sp³-hybridized carbons (Fsp3) is 0.444. The van der Waals surface area contributed by atoms with Crippen molar-refractivity contribution in [1.82, 2.24) is 9.78 Å². The summed E-state index contributed by atoms with van der Waals surface area (Å²) in [7, 11) is 0.115. The van der Waals surface area contributed by atoms with Crippen LogP contribution in [0.5, 0.6) is 0 Å². The van der Waals surface area contributed by atoms with E-state index in [4.69, 9.17) is 19.4 Å². The van der Waals surface area contributed by atoms with Gasteiger partial charge in [0.05, 0.1) is 11.2 Å². The Morgan fingerprint density at radius 3 is 2.00 bits per heavy atom. The summed E-state index contributed by atoms with van der Waals surface area (Å²) in [6.07, 6.45) is 3.70. The van der Waals surface area contributed by atoms with Crippen LogP contribution in [0.4, 0.5) is 0 Å². The van der Waals surface area contributed by atoms with Gasteiger partial charge in [-0.25, -0.2) is 0 Å². The van der Waals surface area contributed by atoms with E-state index in [2.05, 4.69) is 5.10 Å². The minimum Gasteiger partial charge on any atom is -0.423 e. The molecule has 1 aromatic heterocycles. The molecule has 1 saturated heterocycles. The molecule has 0 radical (unpaired) electrons. The van der Waals surface area contributed by atoms with Gasteiger partial charge in [-0.15, -0.1) is 0 Å². The first-order chi connectivity index (χ1) is 12.4. The number of benzene rings is 1. The molecule has 0 unspecified atom stereocenters. The van der Waals surface area contributed by atoms with Crippen LogP contribution in [0.3, 0.4) is 0 Å². The van der Waals surface area contributed by atoms with Gasteiger partial charge in [-0.2, -0.15) is 5.10 Å². The number of carbonyl (C=O) groups is 1. The van der Waals surface area contributed by atoms with Crippen LogP contribution in [0.15, 0.2) is 36.7 Å². The SMILES string of the molecule is CC(=O)c1ccc(B(O)O)cc1.Cn1cc(B2OC(C)(C)C(C)(C)O2)cn1. The second kappa shape index (κ2) is 7.98. The Balaban J connectivity index is 0.000000199. The number of ketones is 1. The number of Topliss-reactive ketones (excluding diaryl/α,β-unsaturated/α-hetero) is 1. The summed E-state index contributed by atoms with van der Waals surface area (Å²) < 4.78 is 13.5. The first-order valence-electron chi connectivity index (χ1n) is 8.74. The maximum absolute atomic E-state index is 10.8. The van der Waals surface area contributed by atoms with Crippen molar-refractivity contribution in [1.29, 1.82) is 0 Å². The zero-order chi connectivity index (χ0) is 20.4. The molecule has 9 heteroatoms. The molecule has 3 rings (SSSR count). The van der Waals surface area contributed by atoms with Gasteiger partial charge in [0.15, 0.2) is 5.78 Å². The molecule has 0 spiro atoms.